The summed E-state index contributed by atoms with van der Waals surface area (Å²) < 4.78 is 38.1. The summed E-state index contributed by atoms with van der Waals surface area (Å²) in [7, 11) is 1.30. The molecule has 0 bridgehead atoms. The number of ether oxygens (including phenoxy) is 6. The summed E-state index contributed by atoms with van der Waals surface area (Å²) in [6.07, 6.45) is -6.98. The highest BCUT2D eigenvalue weighted by Gasteiger charge is 2.53. The monoisotopic (exact) mass is 922 g/mol. The van der Waals surface area contributed by atoms with Gasteiger partial charge in [-0.25, -0.2) is 19.2 Å². The minimum absolute atomic E-state index is 0.165. The van der Waals surface area contributed by atoms with Crippen molar-refractivity contribution in [2.75, 3.05) is 13.7 Å². The Kier molecular flexibility index (Phi) is 12.8. The van der Waals surface area contributed by atoms with Gasteiger partial charge in [-0.1, -0.05) is 63.7 Å². The number of hydrogen-bond acceptors (Lipinski definition) is 10. The topological polar surface area (TPSA) is 124 Å². The zero-order chi connectivity index (χ0) is 35.1. The molecule has 1 heterocycles. The third-order valence-corrected chi connectivity index (χ3v) is 9.37. The van der Waals surface area contributed by atoms with Crippen LogP contribution in [0.2, 0.25) is 0 Å². The van der Waals surface area contributed by atoms with Crippen LogP contribution in [-0.4, -0.2) is 68.3 Å². The van der Waals surface area contributed by atoms with Gasteiger partial charge in [0.25, 0.3) is 0 Å². The van der Waals surface area contributed by atoms with E-state index >= 15 is 0 Å². The molecule has 1 aliphatic rings. The van der Waals surface area contributed by atoms with Crippen molar-refractivity contribution in [1.29, 1.82) is 0 Å². The molecule has 5 rings (SSSR count). The predicted molar refractivity (Wildman–Crippen MR) is 190 cm³/mol. The molecule has 1 fully saturated rings. The lowest BCUT2D eigenvalue weighted by molar-refractivity contribution is -0.291. The SMILES string of the molecule is CO[C@H]1O[C@H](COC(=O)c2ccc(Br)cc2)[C@H](OC(=O)c2ccc(Br)cc2)[C@H](OC(=O)c2ccc(Br)cc2)[C@H]1OC(=O)c1ccc(Br)cc1. The van der Waals surface area contributed by atoms with Gasteiger partial charge >= 0.3 is 23.9 Å². The molecule has 0 unspecified atom stereocenters. The van der Waals surface area contributed by atoms with Gasteiger partial charge in [-0.15, -0.1) is 0 Å². The second-order valence-electron chi connectivity index (χ2n) is 10.5. The third-order valence-electron chi connectivity index (χ3n) is 7.25. The molecule has 0 radical (unpaired) electrons. The quantitative estimate of drug-likeness (QED) is 0.114. The van der Waals surface area contributed by atoms with Gasteiger partial charge in [0.05, 0.1) is 22.3 Å². The number of rotatable bonds is 10. The van der Waals surface area contributed by atoms with Crippen LogP contribution in [0, 0.1) is 0 Å². The summed E-state index contributed by atoms with van der Waals surface area (Å²) >= 11 is 13.4. The van der Waals surface area contributed by atoms with E-state index in [0.717, 1.165) is 17.9 Å². The van der Waals surface area contributed by atoms with Crippen LogP contribution in [0.1, 0.15) is 41.4 Å². The van der Waals surface area contributed by atoms with Crippen LogP contribution in [0.15, 0.2) is 115 Å². The van der Waals surface area contributed by atoms with Crippen LogP contribution in [0.25, 0.3) is 0 Å². The molecular weight excluding hydrogens is 900 g/mol. The van der Waals surface area contributed by atoms with Gasteiger partial charge in [-0.05, 0) is 97.1 Å². The van der Waals surface area contributed by atoms with E-state index in [1.165, 1.54) is 43.5 Å². The van der Waals surface area contributed by atoms with Crippen LogP contribution in [0.3, 0.4) is 0 Å². The van der Waals surface area contributed by atoms with Gasteiger partial charge < -0.3 is 28.4 Å². The van der Waals surface area contributed by atoms with Crippen LogP contribution >= 0.6 is 63.7 Å². The Balaban J connectivity index is 1.51. The van der Waals surface area contributed by atoms with Crippen LogP contribution in [-0.2, 0) is 28.4 Å². The maximum Gasteiger partial charge on any atom is 0.338 e. The highest BCUT2D eigenvalue weighted by molar-refractivity contribution is 9.11. The van der Waals surface area contributed by atoms with Crippen molar-refractivity contribution in [2.45, 2.75) is 30.7 Å². The van der Waals surface area contributed by atoms with Gasteiger partial charge in [0.1, 0.15) is 12.7 Å². The summed E-state index contributed by atoms with van der Waals surface area (Å²) in [5.74, 6) is -3.08. The summed E-state index contributed by atoms with van der Waals surface area (Å²) in [6, 6.07) is 25.6. The molecule has 0 amide bonds. The number of benzene rings is 4. The van der Waals surface area contributed by atoms with Crippen molar-refractivity contribution < 1.29 is 47.6 Å². The van der Waals surface area contributed by atoms with Crippen LogP contribution in [0.5, 0.6) is 0 Å². The van der Waals surface area contributed by atoms with E-state index in [4.69, 9.17) is 28.4 Å². The van der Waals surface area contributed by atoms with Crippen molar-refractivity contribution in [2.24, 2.45) is 0 Å². The molecule has 0 aromatic heterocycles. The largest absolute Gasteiger partial charge is 0.459 e. The highest BCUT2D eigenvalue weighted by Crippen LogP contribution is 2.32. The van der Waals surface area contributed by atoms with Crippen LogP contribution < -0.4 is 0 Å². The second-order valence-corrected chi connectivity index (χ2v) is 14.2. The molecular formula is C35H26Br4O10. The molecule has 10 nitrogen and oxygen atoms in total. The molecule has 0 N–H and O–H groups in total. The van der Waals surface area contributed by atoms with Crippen molar-refractivity contribution in [3.63, 3.8) is 0 Å². The molecule has 254 valence electrons. The van der Waals surface area contributed by atoms with Crippen molar-refractivity contribution in [1.82, 2.24) is 0 Å². The summed E-state index contributed by atoms with van der Waals surface area (Å²) in [5, 5.41) is 0. The number of halogens is 4. The lowest BCUT2D eigenvalue weighted by Gasteiger charge is -2.44. The molecule has 0 spiro atoms. The van der Waals surface area contributed by atoms with E-state index in [2.05, 4.69) is 63.7 Å². The van der Waals surface area contributed by atoms with E-state index in [1.54, 1.807) is 60.7 Å². The average Bonchev–Trinajstić information content (AvgIpc) is 3.10. The Morgan fingerprint density at radius 1 is 0.510 bits per heavy atom. The lowest BCUT2D eigenvalue weighted by Crippen LogP contribution is -2.63. The van der Waals surface area contributed by atoms with Gasteiger partial charge in [0.2, 0.25) is 0 Å². The maximum atomic E-state index is 13.6. The highest BCUT2D eigenvalue weighted by atomic mass is 79.9. The Morgan fingerprint density at radius 3 is 1.20 bits per heavy atom. The zero-order valence-electron chi connectivity index (χ0n) is 25.4. The van der Waals surface area contributed by atoms with Crippen LogP contribution in [0.4, 0.5) is 0 Å². The number of carbonyl (C=O) groups excluding carboxylic acids is 4. The molecule has 0 aliphatic carbocycles. The number of methoxy groups -OCH3 is 1. The lowest BCUT2D eigenvalue weighted by atomic mass is 9.97. The van der Waals surface area contributed by atoms with Crippen molar-refractivity contribution in [3.8, 4) is 0 Å². The first-order valence-corrected chi connectivity index (χ1v) is 17.7. The minimum Gasteiger partial charge on any atom is -0.459 e. The summed E-state index contributed by atoms with van der Waals surface area (Å²) in [5.41, 5.74) is 0.775. The Morgan fingerprint density at radius 2 is 0.837 bits per heavy atom. The molecule has 4 aromatic rings. The maximum absolute atomic E-state index is 13.6. The standard InChI is InChI=1S/C35H26Br4O10/c1-44-35-30(49-34(43)22-8-16-26(39)17-9-22)29(48-33(42)21-6-14-25(38)15-7-21)28(47-32(41)20-4-12-24(37)13-5-20)27(46-35)18-45-31(40)19-2-10-23(36)11-3-19/h2-17,27-30,35H,18H2,1H3/t27-,28+,29+,30-,35+/m1/s1. The van der Waals surface area contributed by atoms with Gasteiger partial charge in [-0.2, -0.15) is 0 Å². The van der Waals surface area contributed by atoms with Crippen molar-refractivity contribution >= 4 is 87.6 Å². The molecule has 49 heavy (non-hydrogen) atoms. The first kappa shape index (κ1) is 36.9. The van der Waals surface area contributed by atoms with E-state index in [0.29, 0.717) is 0 Å². The average molecular weight is 926 g/mol. The Labute approximate surface area is 314 Å². The predicted octanol–water partition coefficient (Wildman–Crippen LogP) is 7.94. The third kappa shape index (κ3) is 9.65. The smallest absolute Gasteiger partial charge is 0.338 e. The van der Waals surface area contributed by atoms with E-state index in [9.17, 15) is 19.2 Å². The number of carbonyl (C=O) groups is 4. The Bertz CT molecular complexity index is 1780. The minimum atomic E-state index is -1.50. The van der Waals surface area contributed by atoms with E-state index in [-0.39, 0.29) is 22.3 Å². The molecule has 4 aromatic carbocycles. The molecule has 5 atom stereocenters. The summed E-state index contributed by atoms with van der Waals surface area (Å²) in [6.45, 7) is -0.452. The van der Waals surface area contributed by atoms with Crippen molar-refractivity contribution in [3.05, 3.63) is 137 Å². The van der Waals surface area contributed by atoms with Gasteiger partial charge in [0, 0.05) is 25.0 Å². The van der Waals surface area contributed by atoms with E-state index in [1.807, 2.05) is 0 Å². The summed E-state index contributed by atoms with van der Waals surface area (Å²) in [4.78, 5) is 53.5. The van der Waals surface area contributed by atoms with Gasteiger partial charge in [-0.3, -0.25) is 0 Å². The molecule has 14 heteroatoms. The van der Waals surface area contributed by atoms with Gasteiger partial charge in [0.15, 0.2) is 24.6 Å². The fraction of sp³-hybridized carbons (Fsp3) is 0.200. The van der Waals surface area contributed by atoms with E-state index < -0.39 is 61.2 Å². The first-order chi connectivity index (χ1) is 23.5. The first-order valence-electron chi connectivity index (χ1n) is 14.5. The number of esters is 4. The fourth-order valence-electron chi connectivity index (χ4n) is 4.76. The Hall–Kier alpha value is -3.40. The molecule has 0 saturated carbocycles. The fourth-order valence-corrected chi connectivity index (χ4v) is 5.82. The molecule has 1 aliphatic heterocycles. The molecule has 1 saturated heterocycles. The second kappa shape index (κ2) is 17.0. The normalized spacial score (nSPS) is 20.1. The number of hydrogen-bond donors (Lipinski definition) is 0. The zero-order valence-corrected chi connectivity index (χ0v) is 31.8.